The van der Waals surface area contributed by atoms with Gasteiger partial charge in [-0.3, -0.25) is 4.79 Å². The van der Waals surface area contributed by atoms with Crippen molar-refractivity contribution in [3.8, 4) is 0 Å². The first-order valence-electron chi connectivity index (χ1n) is 8.22. The van der Waals surface area contributed by atoms with Gasteiger partial charge in [-0.1, -0.05) is 18.2 Å². The lowest BCUT2D eigenvalue weighted by Gasteiger charge is -2.22. The molecule has 2 aliphatic heterocycles. The topological polar surface area (TPSA) is 101 Å². The number of rotatable bonds is 4. The number of carbonyl (C=O) groups is 2. The van der Waals surface area contributed by atoms with E-state index in [9.17, 15) is 23.1 Å². The molecule has 2 aliphatic rings. The third-order valence-corrected chi connectivity index (χ3v) is 8.59. The summed E-state index contributed by atoms with van der Waals surface area (Å²) in [7, 11) is -2.82. The number of aliphatic carboxylic acids is 1. The summed E-state index contributed by atoms with van der Waals surface area (Å²) in [4.78, 5) is 23.7. The Morgan fingerprint density at radius 3 is 2.65 bits per heavy atom. The minimum Gasteiger partial charge on any atom is -0.481 e. The van der Waals surface area contributed by atoms with Gasteiger partial charge in [0.1, 0.15) is 9.77 Å². The van der Waals surface area contributed by atoms with Crippen LogP contribution in [0.25, 0.3) is 10.1 Å². The van der Waals surface area contributed by atoms with Crippen molar-refractivity contribution in [1.82, 2.24) is 4.31 Å². The highest BCUT2D eigenvalue weighted by molar-refractivity contribution is 7.89. The Morgan fingerprint density at radius 2 is 2.00 bits per heavy atom. The summed E-state index contributed by atoms with van der Waals surface area (Å²) in [5, 5.41) is 9.88. The van der Waals surface area contributed by atoms with E-state index in [2.05, 4.69) is 0 Å². The molecule has 0 aliphatic carbocycles. The lowest BCUT2D eigenvalue weighted by molar-refractivity contribution is -0.142. The fraction of sp³-hybridized carbons (Fsp3) is 0.412. The van der Waals surface area contributed by atoms with E-state index in [-0.39, 0.29) is 15.8 Å². The van der Waals surface area contributed by atoms with Crippen LogP contribution in [0.2, 0.25) is 0 Å². The van der Waals surface area contributed by atoms with Crippen LogP contribution in [0.15, 0.2) is 29.2 Å². The van der Waals surface area contributed by atoms with Crippen LogP contribution < -0.4 is 0 Å². The van der Waals surface area contributed by atoms with Crippen LogP contribution in [0.5, 0.6) is 0 Å². The maximum atomic E-state index is 13.5. The molecular weight excluding hydrogens is 378 g/mol. The van der Waals surface area contributed by atoms with Gasteiger partial charge in [0.25, 0.3) is 0 Å². The van der Waals surface area contributed by atoms with Crippen molar-refractivity contribution in [3.63, 3.8) is 0 Å². The zero-order valence-electron chi connectivity index (χ0n) is 13.9. The number of carbonyl (C=O) groups excluding carboxylic acids is 1. The molecule has 2 fully saturated rings. The normalized spacial score (nSPS) is 25.7. The Bertz CT molecular complexity index is 1010. The van der Waals surface area contributed by atoms with Crippen molar-refractivity contribution in [1.29, 1.82) is 0 Å². The standard InChI is InChI=1S/C17H17NO6S2/c1-24-17(21)14-15(10-4-2-3-5-13(10)25-14)26(22,23)18-9-6-7-12(18)11(8-9)16(19)20/h2-5,9,11-12H,6-8H2,1H3,(H,19,20). The quantitative estimate of drug-likeness (QED) is 0.798. The SMILES string of the molecule is COC(=O)c1sc2ccccc2c1S(=O)(=O)N1C2CCC1C(C(=O)O)C2. The van der Waals surface area contributed by atoms with Crippen LogP contribution in [-0.2, 0) is 19.6 Å². The number of sulfonamides is 1. The lowest BCUT2D eigenvalue weighted by atomic mass is 9.89. The molecule has 0 radical (unpaired) electrons. The minimum absolute atomic E-state index is 0.0341. The molecule has 4 rings (SSSR count). The summed E-state index contributed by atoms with van der Waals surface area (Å²) < 4.78 is 33.8. The van der Waals surface area contributed by atoms with Crippen molar-refractivity contribution in [2.24, 2.45) is 5.92 Å². The molecule has 1 N–H and O–H groups in total. The number of esters is 1. The molecule has 26 heavy (non-hydrogen) atoms. The number of carboxylic acid groups (broad SMARTS) is 1. The number of hydrogen-bond acceptors (Lipinski definition) is 6. The summed E-state index contributed by atoms with van der Waals surface area (Å²) >= 11 is 1.08. The molecule has 3 atom stereocenters. The molecule has 2 saturated heterocycles. The van der Waals surface area contributed by atoms with E-state index in [0.29, 0.717) is 29.3 Å². The zero-order chi connectivity index (χ0) is 18.6. The predicted octanol–water partition coefficient (Wildman–Crippen LogP) is 2.31. The fourth-order valence-electron chi connectivity index (χ4n) is 4.19. The lowest BCUT2D eigenvalue weighted by Crippen LogP contribution is -2.38. The second kappa shape index (κ2) is 6.04. The molecular formula is C17H17NO6S2. The van der Waals surface area contributed by atoms with Gasteiger partial charge in [-0.2, -0.15) is 4.31 Å². The highest BCUT2D eigenvalue weighted by Gasteiger charge is 2.55. The first-order chi connectivity index (χ1) is 12.4. The molecule has 3 unspecified atom stereocenters. The van der Waals surface area contributed by atoms with Gasteiger partial charge in [0, 0.05) is 22.2 Å². The summed E-state index contributed by atoms with van der Waals surface area (Å²) in [5.41, 5.74) is 0. The summed E-state index contributed by atoms with van der Waals surface area (Å²) in [6, 6.07) is 6.01. The molecule has 138 valence electrons. The van der Waals surface area contributed by atoms with E-state index in [1.807, 2.05) is 0 Å². The number of thiophene rings is 1. The number of nitrogens with zero attached hydrogens (tertiary/aromatic N) is 1. The molecule has 1 aromatic carbocycles. The Morgan fingerprint density at radius 1 is 1.27 bits per heavy atom. The molecule has 1 aromatic heterocycles. The van der Waals surface area contributed by atoms with Crippen LogP contribution in [0.1, 0.15) is 28.9 Å². The van der Waals surface area contributed by atoms with Crippen LogP contribution >= 0.6 is 11.3 Å². The van der Waals surface area contributed by atoms with Gasteiger partial charge in [-0.05, 0) is 25.3 Å². The monoisotopic (exact) mass is 395 g/mol. The van der Waals surface area contributed by atoms with Gasteiger partial charge in [-0.15, -0.1) is 11.3 Å². The molecule has 0 saturated carbocycles. The number of ether oxygens (including phenoxy) is 1. The van der Waals surface area contributed by atoms with E-state index in [4.69, 9.17) is 4.74 Å². The fourth-order valence-corrected chi connectivity index (χ4v) is 7.89. The van der Waals surface area contributed by atoms with Gasteiger partial charge in [0.15, 0.2) is 0 Å². The Kier molecular flexibility index (Phi) is 4.05. The number of methoxy groups -OCH3 is 1. The largest absolute Gasteiger partial charge is 0.481 e. The number of carboxylic acids is 1. The zero-order valence-corrected chi connectivity index (χ0v) is 15.5. The predicted molar refractivity (Wildman–Crippen MR) is 94.7 cm³/mol. The molecule has 0 spiro atoms. The number of fused-ring (bicyclic) bond motifs is 3. The van der Waals surface area contributed by atoms with Crippen molar-refractivity contribution >= 4 is 43.4 Å². The van der Waals surface area contributed by atoms with E-state index in [1.165, 1.54) is 11.4 Å². The van der Waals surface area contributed by atoms with E-state index < -0.39 is 33.9 Å². The minimum atomic E-state index is -4.03. The summed E-state index contributed by atoms with van der Waals surface area (Å²) in [5.74, 6) is -2.37. The molecule has 7 nitrogen and oxygen atoms in total. The highest BCUT2D eigenvalue weighted by Crippen LogP contribution is 2.47. The maximum Gasteiger partial charge on any atom is 0.349 e. The first-order valence-corrected chi connectivity index (χ1v) is 10.5. The first kappa shape index (κ1) is 17.4. The Balaban J connectivity index is 1.90. The van der Waals surface area contributed by atoms with Crippen LogP contribution in [-0.4, -0.2) is 49.0 Å². The van der Waals surface area contributed by atoms with Gasteiger partial charge in [-0.25, -0.2) is 13.2 Å². The smallest absolute Gasteiger partial charge is 0.349 e. The Labute approximate surface area is 154 Å². The van der Waals surface area contributed by atoms with E-state index in [0.717, 1.165) is 11.3 Å². The van der Waals surface area contributed by atoms with Gasteiger partial charge in [0.2, 0.25) is 10.0 Å². The van der Waals surface area contributed by atoms with Crippen molar-refractivity contribution in [3.05, 3.63) is 29.1 Å². The van der Waals surface area contributed by atoms with Crippen molar-refractivity contribution < 1.29 is 27.9 Å². The average Bonchev–Trinajstić information content (AvgIpc) is 3.31. The molecule has 3 heterocycles. The van der Waals surface area contributed by atoms with Crippen LogP contribution in [0.3, 0.4) is 0 Å². The summed E-state index contributed by atoms with van der Waals surface area (Å²) in [6.45, 7) is 0. The van der Waals surface area contributed by atoms with Gasteiger partial charge < -0.3 is 9.84 Å². The number of hydrogen-bond donors (Lipinski definition) is 1. The molecule has 2 bridgehead atoms. The van der Waals surface area contributed by atoms with Gasteiger partial charge >= 0.3 is 11.9 Å². The van der Waals surface area contributed by atoms with Gasteiger partial charge in [0.05, 0.1) is 13.0 Å². The molecule has 0 amide bonds. The maximum absolute atomic E-state index is 13.5. The van der Waals surface area contributed by atoms with Crippen LogP contribution in [0.4, 0.5) is 0 Å². The second-order valence-corrected chi connectivity index (χ2v) is 9.39. The second-order valence-electron chi connectivity index (χ2n) is 6.56. The van der Waals surface area contributed by atoms with Crippen molar-refractivity contribution in [2.75, 3.05) is 7.11 Å². The van der Waals surface area contributed by atoms with E-state index in [1.54, 1.807) is 24.3 Å². The molecule has 2 aromatic rings. The number of benzene rings is 1. The highest BCUT2D eigenvalue weighted by atomic mass is 32.2. The summed E-state index contributed by atoms with van der Waals surface area (Å²) in [6.07, 6.45) is 1.48. The third kappa shape index (κ3) is 2.38. The van der Waals surface area contributed by atoms with Crippen LogP contribution in [0, 0.1) is 5.92 Å². The Hall–Kier alpha value is -1.97. The third-order valence-electron chi connectivity index (χ3n) is 5.25. The average molecular weight is 395 g/mol. The van der Waals surface area contributed by atoms with Crippen molar-refractivity contribution in [2.45, 2.75) is 36.2 Å². The van der Waals surface area contributed by atoms with E-state index >= 15 is 0 Å². The molecule has 9 heteroatoms.